The molecule has 0 aliphatic rings. The average Bonchev–Trinajstić information content (AvgIpc) is 2.08. The summed E-state index contributed by atoms with van der Waals surface area (Å²) in [5.74, 6) is 0. The lowest BCUT2D eigenvalue weighted by molar-refractivity contribution is 0.106. The van der Waals surface area contributed by atoms with E-state index in [0.29, 0.717) is 5.69 Å². The van der Waals surface area contributed by atoms with Crippen molar-refractivity contribution in [3.8, 4) is 0 Å². The minimum absolute atomic E-state index is 0.0946. The highest BCUT2D eigenvalue weighted by molar-refractivity contribution is 6.68. The molecule has 3 nitrogen and oxygen atoms in total. The van der Waals surface area contributed by atoms with Gasteiger partial charge in [-0.15, -0.1) is 0 Å². The van der Waals surface area contributed by atoms with Crippen LogP contribution in [0.25, 0.3) is 0 Å². The Bertz CT molecular complexity index is 382. The van der Waals surface area contributed by atoms with Gasteiger partial charge in [-0.25, -0.2) is 8.78 Å². The molecule has 0 aliphatic heterocycles. The fourth-order valence-electron chi connectivity index (χ4n) is 1.02. The van der Waals surface area contributed by atoms with Crippen LogP contribution in [-0.2, 0) is 0 Å². The van der Waals surface area contributed by atoms with Crippen molar-refractivity contribution in [3.05, 3.63) is 23.0 Å². The quantitative estimate of drug-likeness (QED) is 0.778. The lowest BCUT2D eigenvalue weighted by Gasteiger charge is -2.09. The van der Waals surface area contributed by atoms with Crippen LogP contribution in [0.2, 0.25) is 0 Å². The van der Waals surface area contributed by atoms with E-state index in [1.54, 1.807) is 0 Å². The SMILES string of the molecule is Cc1ncc(C(F)F)c(C(=O)Cl)c1N. The lowest BCUT2D eigenvalue weighted by Crippen LogP contribution is -2.07. The minimum Gasteiger partial charge on any atom is -0.397 e. The molecular formula is C8H7ClF2N2O. The van der Waals surface area contributed by atoms with Gasteiger partial charge in [-0.2, -0.15) is 0 Å². The van der Waals surface area contributed by atoms with Gasteiger partial charge in [0.2, 0.25) is 0 Å². The molecule has 2 N–H and O–H groups in total. The Kier molecular flexibility index (Phi) is 3.00. The molecule has 0 radical (unpaired) electrons. The third-order valence-corrected chi connectivity index (χ3v) is 1.97. The van der Waals surface area contributed by atoms with Crippen LogP contribution < -0.4 is 5.73 Å². The van der Waals surface area contributed by atoms with E-state index >= 15 is 0 Å². The smallest absolute Gasteiger partial charge is 0.266 e. The molecule has 0 aromatic carbocycles. The minimum atomic E-state index is -2.82. The summed E-state index contributed by atoms with van der Waals surface area (Å²) >= 11 is 5.15. The molecule has 0 unspecified atom stereocenters. The molecule has 0 spiro atoms. The molecule has 0 aliphatic carbocycles. The van der Waals surface area contributed by atoms with Crippen molar-refractivity contribution in [2.75, 3.05) is 5.73 Å². The summed E-state index contributed by atoms with van der Waals surface area (Å²) in [6.45, 7) is 1.51. The van der Waals surface area contributed by atoms with Gasteiger partial charge in [0.15, 0.2) is 0 Å². The largest absolute Gasteiger partial charge is 0.397 e. The fraction of sp³-hybridized carbons (Fsp3) is 0.250. The molecule has 1 heterocycles. The van der Waals surface area contributed by atoms with Crippen molar-refractivity contribution in [3.63, 3.8) is 0 Å². The van der Waals surface area contributed by atoms with Crippen molar-refractivity contribution < 1.29 is 13.6 Å². The number of nitrogens with two attached hydrogens (primary N) is 1. The maximum atomic E-state index is 12.4. The average molecular weight is 221 g/mol. The zero-order chi connectivity index (χ0) is 10.9. The molecule has 0 fully saturated rings. The highest BCUT2D eigenvalue weighted by Gasteiger charge is 2.21. The zero-order valence-corrected chi connectivity index (χ0v) is 7.98. The molecule has 76 valence electrons. The standard InChI is InChI=1S/C8H7ClF2N2O/c1-3-6(12)5(7(9)14)4(2-13-3)8(10)11/h2,8H,12H2,1H3. The number of hydrogen-bond acceptors (Lipinski definition) is 3. The highest BCUT2D eigenvalue weighted by Crippen LogP contribution is 2.28. The number of pyridine rings is 1. The summed E-state index contributed by atoms with van der Waals surface area (Å²) in [5.41, 5.74) is 4.74. The number of carbonyl (C=O) groups is 1. The summed E-state index contributed by atoms with van der Waals surface area (Å²) in [4.78, 5) is 14.5. The lowest BCUT2D eigenvalue weighted by atomic mass is 10.1. The van der Waals surface area contributed by atoms with Crippen LogP contribution in [0.15, 0.2) is 6.20 Å². The molecule has 14 heavy (non-hydrogen) atoms. The maximum Gasteiger partial charge on any atom is 0.266 e. The second kappa shape index (κ2) is 3.88. The number of nitrogens with zero attached hydrogens (tertiary/aromatic N) is 1. The number of rotatable bonds is 2. The third-order valence-electron chi connectivity index (χ3n) is 1.78. The molecule has 0 saturated carbocycles. The second-order valence-corrected chi connectivity index (χ2v) is 3.01. The normalized spacial score (nSPS) is 10.6. The van der Waals surface area contributed by atoms with Crippen molar-refractivity contribution in [1.82, 2.24) is 4.98 Å². The van der Waals surface area contributed by atoms with E-state index in [1.807, 2.05) is 0 Å². The number of hydrogen-bond donors (Lipinski definition) is 1. The second-order valence-electron chi connectivity index (χ2n) is 2.66. The first-order chi connectivity index (χ1) is 6.45. The van der Waals surface area contributed by atoms with E-state index < -0.39 is 17.2 Å². The molecule has 0 bridgehead atoms. The molecular weight excluding hydrogens is 214 g/mol. The Balaban J connectivity index is 3.45. The van der Waals surface area contributed by atoms with Gasteiger partial charge in [0.1, 0.15) is 0 Å². The van der Waals surface area contributed by atoms with Crippen molar-refractivity contribution >= 4 is 22.5 Å². The monoisotopic (exact) mass is 220 g/mol. The van der Waals surface area contributed by atoms with Crippen LogP contribution in [0.3, 0.4) is 0 Å². The van der Waals surface area contributed by atoms with Crippen LogP contribution in [0, 0.1) is 6.92 Å². The molecule has 1 aromatic heterocycles. The van der Waals surface area contributed by atoms with Crippen molar-refractivity contribution in [2.24, 2.45) is 0 Å². The first kappa shape index (κ1) is 10.8. The topological polar surface area (TPSA) is 56.0 Å². The number of anilines is 1. The van der Waals surface area contributed by atoms with Crippen molar-refractivity contribution in [2.45, 2.75) is 13.3 Å². The van der Waals surface area contributed by atoms with Gasteiger partial charge in [0.25, 0.3) is 11.7 Å². The van der Waals surface area contributed by atoms with E-state index in [0.717, 1.165) is 6.20 Å². The van der Waals surface area contributed by atoms with Gasteiger partial charge < -0.3 is 5.73 Å². The highest BCUT2D eigenvalue weighted by atomic mass is 35.5. The van der Waals surface area contributed by atoms with Gasteiger partial charge in [0.05, 0.1) is 22.5 Å². The summed E-state index contributed by atoms with van der Waals surface area (Å²) in [6.07, 6.45) is -1.91. The Morgan fingerprint density at radius 2 is 2.21 bits per heavy atom. The van der Waals surface area contributed by atoms with Crippen LogP contribution in [0.4, 0.5) is 14.5 Å². The number of aromatic nitrogens is 1. The molecule has 6 heteroatoms. The Morgan fingerprint density at radius 3 is 2.64 bits per heavy atom. The van der Waals surface area contributed by atoms with E-state index in [1.165, 1.54) is 6.92 Å². The van der Waals surface area contributed by atoms with E-state index in [9.17, 15) is 13.6 Å². The van der Waals surface area contributed by atoms with Gasteiger partial charge in [-0.05, 0) is 18.5 Å². The van der Waals surface area contributed by atoms with Crippen LogP contribution in [0.1, 0.15) is 28.0 Å². The molecule has 1 rings (SSSR count). The number of aryl methyl sites for hydroxylation is 1. The Hall–Kier alpha value is -1.23. The summed E-state index contributed by atoms with van der Waals surface area (Å²) in [7, 11) is 0. The number of carbonyl (C=O) groups excluding carboxylic acids is 1. The predicted octanol–water partition coefficient (Wildman–Crippen LogP) is 2.29. The molecule has 0 amide bonds. The van der Waals surface area contributed by atoms with Gasteiger partial charge in [-0.3, -0.25) is 9.78 Å². The van der Waals surface area contributed by atoms with Crippen LogP contribution >= 0.6 is 11.6 Å². The first-order valence-corrected chi connectivity index (χ1v) is 4.06. The van der Waals surface area contributed by atoms with E-state index in [4.69, 9.17) is 17.3 Å². The summed E-state index contributed by atoms with van der Waals surface area (Å²) in [6, 6.07) is 0. The van der Waals surface area contributed by atoms with Crippen LogP contribution in [-0.4, -0.2) is 10.2 Å². The maximum absolute atomic E-state index is 12.4. The molecule has 0 atom stereocenters. The predicted molar refractivity (Wildman–Crippen MR) is 48.5 cm³/mol. The molecule has 0 saturated heterocycles. The Morgan fingerprint density at radius 1 is 1.64 bits per heavy atom. The van der Waals surface area contributed by atoms with E-state index in [-0.39, 0.29) is 11.3 Å². The van der Waals surface area contributed by atoms with Crippen molar-refractivity contribution in [1.29, 1.82) is 0 Å². The fourth-order valence-corrected chi connectivity index (χ4v) is 1.23. The number of alkyl halides is 2. The zero-order valence-electron chi connectivity index (χ0n) is 7.22. The number of halogens is 3. The van der Waals surface area contributed by atoms with Gasteiger partial charge in [0, 0.05) is 6.20 Å². The van der Waals surface area contributed by atoms with Gasteiger partial charge >= 0.3 is 0 Å². The van der Waals surface area contributed by atoms with Crippen LogP contribution in [0.5, 0.6) is 0 Å². The van der Waals surface area contributed by atoms with Gasteiger partial charge in [-0.1, -0.05) is 0 Å². The summed E-state index contributed by atoms with van der Waals surface area (Å²) in [5, 5.41) is -0.997. The first-order valence-electron chi connectivity index (χ1n) is 3.68. The summed E-state index contributed by atoms with van der Waals surface area (Å²) < 4.78 is 24.8. The molecule has 1 aromatic rings. The third kappa shape index (κ3) is 1.82. The Labute approximate surface area is 83.9 Å². The number of nitrogen functional groups attached to an aromatic ring is 1. The van der Waals surface area contributed by atoms with E-state index in [2.05, 4.69) is 4.98 Å².